The van der Waals surface area contributed by atoms with E-state index in [-0.39, 0.29) is 17.9 Å². The molecule has 1 N–H and O–H groups in total. The minimum absolute atomic E-state index is 0.0893. The summed E-state index contributed by atoms with van der Waals surface area (Å²) in [5, 5.41) is 3.14. The van der Waals surface area contributed by atoms with Gasteiger partial charge in [-0.2, -0.15) is 0 Å². The Balaban J connectivity index is 1.96. The van der Waals surface area contributed by atoms with Crippen molar-refractivity contribution in [3.63, 3.8) is 0 Å². The van der Waals surface area contributed by atoms with E-state index in [0.717, 1.165) is 23.6 Å². The summed E-state index contributed by atoms with van der Waals surface area (Å²) in [5.41, 5.74) is 0.918. The zero-order valence-corrected chi connectivity index (χ0v) is 13.1. The highest BCUT2D eigenvalue weighted by Crippen LogP contribution is 2.39. The summed E-state index contributed by atoms with van der Waals surface area (Å²) in [4.78, 5) is 16.8. The molecule has 0 spiro atoms. The van der Waals surface area contributed by atoms with Crippen molar-refractivity contribution in [2.45, 2.75) is 19.4 Å². The maximum absolute atomic E-state index is 12.4. The van der Waals surface area contributed by atoms with E-state index in [2.05, 4.69) is 17.2 Å². The lowest BCUT2D eigenvalue weighted by molar-refractivity contribution is -0.123. The van der Waals surface area contributed by atoms with Gasteiger partial charge in [-0.1, -0.05) is 25.1 Å². The van der Waals surface area contributed by atoms with E-state index < -0.39 is 0 Å². The van der Waals surface area contributed by atoms with E-state index >= 15 is 0 Å². The van der Waals surface area contributed by atoms with E-state index in [1.54, 1.807) is 13.3 Å². The number of nitrogens with one attached hydrogen (secondary N) is 1. The Kier molecular flexibility index (Phi) is 3.88. The highest BCUT2D eigenvalue weighted by Gasteiger charge is 2.40. The Hall–Kier alpha value is -2.30. The lowest BCUT2D eigenvalue weighted by Gasteiger charge is -2.21. The quantitative estimate of drug-likeness (QED) is 0.921. The molecule has 1 aromatic heterocycles. The lowest BCUT2D eigenvalue weighted by Crippen LogP contribution is -2.32. The molecule has 0 bridgehead atoms. The van der Waals surface area contributed by atoms with Crippen LogP contribution in [0.5, 0.6) is 5.75 Å². The maximum atomic E-state index is 12.4. The predicted molar refractivity (Wildman–Crippen MR) is 83.5 cm³/mol. The van der Waals surface area contributed by atoms with E-state index in [9.17, 15) is 4.79 Å². The minimum Gasteiger partial charge on any atom is -0.496 e. The van der Waals surface area contributed by atoms with Crippen molar-refractivity contribution in [3.8, 4) is 5.75 Å². The molecule has 1 amide bonds. The second kappa shape index (κ2) is 5.83. The molecule has 1 fully saturated rings. The normalized spacial score (nSPS) is 21.2. The molecule has 5 heteroatoms. The molecular formula is C17H21N3O2. The number of carbonyl (C=O) groups is 1. The summed E-state index contributed by atoms with van der Waals surface area (Å²) in [6.45, 7) is 2.10. The number of benzene rings is 1. The van der Waals surface area contributed by atoms with Crippen LogP contribution in [0.4, 0.5) is 0 Å². The SMILES string of the molecule is COc1ccccc1[C@H](NC(=O)[C@H]1C[C@H]1C)c1nccn1C. The number of imidazole rings is 1. The van der Waals surface area contributed by atoms with Gasteiger partial charge < -0.3 is 14.6 Å². The van der Waals surface area contributed by atoms with Crippen LogP contribution in [0.1, 0.15) is 30.8 Å². The minimum atomic E-state index is -0.309. The molecule has 1 saturated carbocycles. The van der Waals surface area contributed by atoms with Crippen LogP contribution < -0.4 is 10.1 Å². The number of ether oxygens (including phenoxy) is 1. The Morgan fingerprint density at radius 2 is 2.18 bits per heavy atom. The average Bonchev–Trinajstić information content (AvgIpc) is 3.11. The molecule has 1 aliphatic carbocycles. The summed E-state index contributed by atoms with van der Waals surface area (Å²) in [6.07, 6.45) is 4.58. The van der Waals surface area contributed by atoms with Crippen LogP contribution in [0, 0.1) is 11.8 Å². The van der Waals surface area contributed by atoms with Crippen LogP contribution in [0.15, 0.2) is 36.7 Å². The third-order valence-corrected chi connectivity index (χ3v) is 4.30. The van der Waals surface area contributed by atoms with Crippen LogP contribution in [-0.4, -0.2) is 22.6 Å². The monoisotopic (exact) mass is 299 g/mol. The standard InChI is InChI=1S/C17H21N3O2/c1-11-10-13(11)17(21)19-15(16-18-8-9-20(16)2)12-6-4-5-7-14(12)22-3/h4-9,11,13,15H,10H2,1-3H3,(H,19,21)/t11-,13+,15+/m1/s1. The molecule has 0 aliphatic heterocycles. The molecule has 3 rings (SSSR count). The molecule has 0 radical (unpaired) electrons. The number of aryl methyl sites for hydroxylation is 1. The number of amides is 1. The number of hydrogen-bond donors (Lipinski definition) is 1. The molecule has 1 aliphatic rings. The van der Waals surface area contributed by atoms with Gasteiger partial charge in [0.2, 0.25) is 5.91 Å². The summed E-state index contributed by atoms with van der Waals surface area (Å²) < 4.78 is 7.38. The summed E-state index contributed by atoms with van der Waals surface area (Å²) in [5.74, 6) is 2.23. The predicted octanol–water partition coefficient (Wildman–Crippen LogP) is 2.29. The van der Waals surface area contributed by atoms with Crippen molar-refractivity contribution < 1.29 is 9.53 Å². The Labute approximate surface area is 130 Å². The summed E-state index contributed by atoms with van der Waals surface area (Å²) >= 11 is 0. The van der Waals surface area contributed by atoms with Crippen molar-refractivity contribution in [2.24, 2.45) is 18.9 Å². The van der Waals surface area contributed by atoms with Crippen molar-refractivity contribution in [2.75, 3.05) is 7.11 Å². The molecule has 5 nitrogen and oxygen atoms in total. The molecule has 1 heterocycles. The molecule has 116 valence electrons. The van der Waals surface area contributed by atoms with E-state index in [1.165, 1.54) is 0 Å². The molecule has 22 heavy (non-hydrogen) atoms. The van der Waals surface area contributed by atoms with Gasteiger partial charge in [-0.25, -0.2) is 4.98 Å². The largest absolute Gasteiger partial charge is 0.496 e. The molecule has 0 unspecified atom stereocenters. The van der Waals surface area contributed by atoms with Crippen LogP contribution in [0.25, 0.3) is 0 Å². The molecule has 2 aromatic rings. The van der Waals surface area contributed by atoms with Gasteiger partial charge >= 0.3 is 0 Å². The number of rotatable bonds is 5. The van der Waals surface area contributed by atoms with E-state index in [0.29, 0.717) is 5.92 Å². The fourth-order valence-corrected chi connectivity index (χ4v) is 2.78. The second-order valence-electron chi connectivity index (χ2n) is 5.90. The Morgan fingerprint density at radius 3 is 2.77 bits per heavy atom. The maximum Gasteiger partial charge on any atom is 0.224 e. The number of carbonyl (C=O) groups excluding carboxylic acids is 1. The number of hydrogen-bond acceptors (Lipinski definition) is 3. The molecular weight excluding hydrogens is 278 g/mol. The fraction of sp³-hybridized carbons (Fsp3) is 0.412. The van der Waals surface area contributed by atoms with Gasteiger partial charge in [0.05, 0.1) is 7.11 Å². The lowest BCUT2D eigenvalue weighted by atomic mass is 10.0. The van der Waals surface area contributed by atoms with Gasteiger partial charge in [0.15, 0.2) is 0 Å². The van der Waals surface area contributed by atoms with Crippen LogP contribution >= 0.6 is 0 Å². The van der Waals surface area contributed by atoms with Crippen molar-refractivity contribution in [3.05, 3.63) is 48.0 Å². The topological polar surface area (TPSA) is 56.1 Å². The fourth-order valence-electron chi connectivity index (χ4n) is 2.78. The number of aromatic nitrogens is 2. The van der Waals surface area contributed by atoms with Crippen LogP contribution in [0.2, 0.25) is 0 Å². The number of methoxy groups -OCH3 is 1. The number of nitrogens with zero attached hydrogens (tertiary/aromatic N) is 2. The van der Waals surface area contributed by atoms with Gasteiger partial charge in [-0.05, 0) is 18.4 Å². The second-order valence-corrected chi connectivity index (χ2v) is 5.90. The first-order chi connectivity index (χ1) is 10.6. The van der Waals surface area contributed by atoms with Crippen molar-refractivity contribution in [1.29, 1.82) is 0 Å². The third-order valence-electron chi connectivity index (χ3n) is 4.30. The van der Waals surface area contributed by atoms with Gasteiger partial charge in [-0.15, -0.1) is 0 Å². The molecule has 0 saturated heterocycles. The average molecular weight is 299 g/mol. The van der Waals surface area contributed by atoms with Gasteiger partial charge in [0.1, 0.15) is 17.6 Å². The highest BCUT2D eigenvalue weighted by atomic mass is 16.5. The first kappa shape index (κ1) is 14.6. The Morgan fingerprint density at radius 1 is 1.45 bits per heavy atom. The molecule has 3 atom stereocenters. The van der Waals surface area contributed by atoms with Crippen molar-refractivity contribution >= 4 is 5.91 Å². The van der Waals surface area contributed by atoms with Crippen molar-refractivity contribution in [1.82, 2.24) is 14.9 Å². The Bertz CT molecular complexity index is 680. The first-order valence-electron chi connectivity index (χ1n) is 7.52. The van der Waals surface area contributed by atoms with Crippen LogP contribution in [0.3, 0.4) is 0 Å². The summed E-state index contributed by atoms with van der Waals surface area (Å²) in [6, 6.07) is 7.42. The first-order valence-corrected chi connectivity index (χ1v) is 7.52. The molecule has 1 aromatic carbocycles. The highest BCUT2D eigenvalue weighted by molar-refractivity contribution is 5.82. The van der Waals surface area contributed by atoms with Gasteiger partial charge in [0, 0.05) is 30.9 Å². The van der Waals surface area contributed by atoms with E-state index in [1.807, 2.05) is 42.1 Å². The smallest absolute Gasteiger partial charge is 0.224 e. The van der Waals surface area contributed by atoms with Crippen LogP contribution in [-0.2, 0) is 11.8 Å². The number of para-hydroxylation sites is 1. The van der Waals surface area contributed by atoms with Gasteiger partial charge in [-0.3, -0.25) is 4.79 Å². The third kappa shape index (κ3) is 2.71. The van der Waals surface area contributed by atoms with E-state index in [4.69, 9.17) is 4.74 Å². The zero-order valence-electron chi connectivity index (χ0n) is 13.1. The van der Waals surface area contributed by atoms with Gasteiger partial charge in [0.25, 0.3) is 0 Å². The zero-order chi connectivity index (χ0) is 15.7. The summed E-state index contributed by atoms with van der Waals surface area (Å²) in [7, 11) is 3.57.